The van der Waals surface area contributed by atoms with Gasteiger partial charge in [0.1, 0.15) is 5.70 Å². The molecule has 120 valence electrons. The lowest BCUT2D eigenvalue weighted by Crippen LogP contribution is -2.38. The Morgan fingerprint density at radius 3 is 1.41 bits per heavy atom. The molecule has 0 aromatic rings. The second kappa shape index (κ2) is 7.98. The van der Waals surface area contributed by atoms with Gasteiger partial charge < -0.3 is 34.8 Å². The van der Waals surface area contributed by atoms with Gasteiger partial charge in [0.15, 0.2) is 5.70 Å². The topological polar surface area (TPSA) is 206 Å². The third-order valence-electron chi connectivity index (χ3n) is 1.93. The highest BCUT2D eigenvalue weighted by molar-refractivity contribution is 6.33. The molecule has 12 nitrogen and oxygen atoms in total. The number of aliphatic carboxylic acids is 4. The maximum absolute atomic E-state index is 10.9. The quantitative estimate of drug-likeness (QED) is 0.220. The molecular weight excluding hydrogens is 304 g/mol. The second-order valence-electron chi connectivity index (χ2n) is 3.54. The Hall–Kier alpha value is -3.44. The van der Waals surface area contributed by atoms with Gasteiger partial charge in [-0.3, -0.25) is 10.9 Å². The van der Waals surface area contributed by atoms with Crippen molar-refractivity contribution in [1.82, 2.24) is 10.9 Å². The number of carbonyl (C=O) groups excluding carboxylic acids is 3. The van der Waals surface area contributed by atoms with Gasteiger partial charge in [-0.2, -0.15) is 10.2 Å². The standard InChI is InChI=1S/C10H12N4O8/c1-3(7(15)16)11-13-5(9(19)20)6(10(21)22)14-12-4(2)8(17)18/h13-14H,1-2H3,(H,15,16)(H,17,18)(H,19,20)(H,21,22)/p-3. The molecule has 0 amide bonds. The molecule has 0 saturated carbocycles. The van der Waals surface area contributed by atoms with Crippen LogP contribution in [0.2, 0.25) is 0 Å². The van der Waals surface area contributed by atoms with E-state index < -0.39 is 46.7 Å². The Morgan fingerprint density at radius 2 is 1.14 bits per heavy atom. The molecular formula is C10H9N4O8-3. The Labute approximate surface area is 122 Å². The van der Waals surface area contributed by atoms with Crippen molar-refractivity contribution in [1.29, 1.82) is 0 Å². The Morgan fingerprint density at radius 1 is 0.773 bits per heavy atom. The minimum absolute atomic E-state index is 0.675. The smallest absolute Gasteiger partial charge is 0.356 e. The molecule has 0 aromatic heterocycles. The van der Waals surface area contributed by atoms with Gasteiger partial charge in [0.25, 0.3) is 0 Å². The van der Waals surface area contributed by atoms with Crippen molar-refractivity contribution < 1.29 is 39.6 Å². The third kappa shape index (κ3) is 5.68. The van der Waals surface area contributed by atoms with Crippen LogP contribution >= 0.6 is 0 Å². The number of rotatable bonds is 8. The lowest BCUT2D eigenvalue weighted by molar-refractivity contribution is -0.300. The van der Waals surface area contributed by atoms with E-state index in [9.17, 15) is 34.5 Å². The van der Waals surface area contributed by atoms with Gasteiger partial charge in [-0.25, -0.2) is 4.79 Å². The molecule has 0 saturated heterocycles. The summed E-state index contributed by atoms with van der Waals surface area (Å²) < 4.78 is 0. The molecule has 0 spiro atoms. The highest BCUT2D eigenvalue weighted by Gasteiger charge is 2.15. The van der Waals surface area contributed by atoms with E-state index in [1.54, 1.807) is 10.9 Å². The molecule has 3 N–H and O–H groups in total. The van der Waals surface area contributed by atoms with Gasteiger partial charge in [-0.15, -0.1) is 0 Å². The van der Waals surface area contributed by atoms with Crippen molar-refractivity contribution in [2.24, 2.45) is 10.2 Å². The lowest BCUT2D eigenvalue weighted by Gasteiger charge is -2.13. The van der Waals surface area contributed by atoms with E-state index in [0.29, 0.717) is 0 Å². The molecule has 0 aliphatic carbocycles. The van der Waals surface area contributed by atoms with Gasteiger partial charge in [0.05, 0.1) is 29.3 Å². The van der Waals surface area contributed by atoms with Crippen LogP contribution in [0.25, 0.3) is 0 Å². The van der Waals surface area contributed by atoms with Crippen molar-refractivity contribution >= 4 is 35.3 Å². The zero-order valence-electron chi connectivity index (χ0n) is 11.2. The van der Waals surface area contributed by atoms with E-state index in [-0.39, 0.29) is 0 Å². The fourth-order valence-electron chi connectivity index (χ4n) is 0.785. The second-order valence-corrected chi connectivity index (χ2v) is 3.54. The molecule has 0 atom stereocenters. The van der Waals surface area contributed by atoms with E-state index in [1.807, 2.05) is 0 Å². The number of hydrogen-bond acceptors (Lipinski definition) is 11. The van der Waals surface area contributed by atoms with Crippen LogP contribution in [0, 0.1) is 0 Å². The highest BCUT2D eigenvalue weighted by atomic mass is 16.4. The summed E-state index contributed by atoms with van der Waals surface area (Å²) in [5, 5.41) is 46.6. The Balaban J connectivity index is 5.68. The van der Waals surface area contributed by atoms with Gasteiger partial charge in [0.2, 0.25) is 0 Å². The molecule has 0 bridgehead atoms. The summed E-state index contributed by atoms with van der Waals surface area (Å²) in [5.41, 5.74) is -0.382. The molecule has 0 aliphatic heterocycles. The fourth-order valence-corrected chi connectivity index (χ4v) is 0.785. The average molecular weight is 313 g/mol. The van der Waals surface area contributed by atoms with Crippen LogP contribution in [0.3, 0.4) is 0 Å². The number of carboxylic acid groups (broad SMARTS) is 4. The summed E-state index contributed by atoms with van der Waals surface area (Å²) in [6.07, 6.45) is 0. The van der Waals surface area contributed by atoms with Crippen LogP contribution in [0.15, 0.2) is 21.6 Å². The predicted molar refractivity (Wildman–Crippen MR) is 62.2 cm³/mol. The van der Waals surface area contributed by atoms with E-state index in [4.69, 9.17) is 5.11 Å². The third-order valence-corrected chi connectivity index (χ3v) is 1.93. The predicted octanol–water partition coefficient (Wildman–Crippen LogP) is -5.54. The van der Waals surface area contributed by atoms with E-state index in [1.165, 1.54) is 0 Å². The first-order valence-electron chi connectivity index (χ1n) is 5.30. The summed E-state index contributed by atoms with van der Waals surface area (Å²) in [5.74, 6) is -7.39. The first-order valence-corrected chi connectivity index (χ1v) is 5.30. The number of carbonyl (C=O) groups is 4. The molecule has 0 aromatic carbocycles. The van der Waals surface area contributed by atoms with Crippen molar-refractivity contribution in [3.8, 4) is 0 Å². The first kappa shape index (κ1) is 18.6. The molecule has 12 heteroatoms. The van der Waals surface area contributed by atoms with Gasteiger partial charge in [-0.1, -0.05) is 0 Å². The summed E-state index contributed by atoms with van der Waals surface area (Å²) in [4.78, 5) is 42.6. The zero-order valence-corrected chi connectivity index (χ0v) is 11.2. The number of carboxylic acids is 4. The summed E-state index contributed by atoms with van der Waals surface area (Å²) in [6, 6.07) is 0. The summed E-state index contributed by atoms with van der Waals surface area (Å²) >= 11 is 0. The SMILES string of the molecule is CC(=NNC(C(=O)[O-])=C(NN=C(C)C(=O)[O-])C(=O)O)C(=O)[O-]. The normalized spacial score (nSPS) is 13.0. The van der Waals surface area contributed by atoms with Crippen LogP contribution in [0.4, 0.5) is 0 Å². The van der Waals surface area contributed by atoms with E-state index in [0.717, 1.165) is 13.8 Å². The minimum atomic E-state index is -2.07. The lowest BCUT2D eigenvalue weighted by atomic mass is 10.3. The van der Waals surface area contributed by atoms with Crippen molar-refractivity contribution in [3.63, 3.8) is 0 Å². The fraction of sp³-hybridized carbons (Fsp3) is 0.200. The minimum Gasteiger partial charge on any atom is -0.543 e. The van der Waals surface area contributed by atoms with E-state index >= 15 is 0 Å². The number of nitrogens with one attached hydrogen (secondary N) is 2. The molecule has 0 radical (unpaired) electrons. The van der Waals surface area contributed by atoms with Gasteiger partial charge in [0, 0.05) is 0 Å². The van der Waals surface area contributed by atoms with E-state index in [2.05, 4.69) is 10.2 Å². The first-order chi connectivity index (χ1) is 10.1. The molecule has 0 aliphatic rings. The maximum Gasteiger partial charge on any atom is 0.356 e. The van der Waals surface area contributed by atoms with Crippen molar-refractivity contribution in [2.75, 3.05) is 0 Å². The zero-order chi connectivity index (χ0) is 17.4. The van der Waals surface area contributed by atoms with Crippen LogP contribution in [0.5, 0.6) is 0 Å². The van der Waals surface area contributed by atoms with Crippen molar-refractivity contribution in [3.05, 3.63) is 11.4 Å². The van der Waals surface area contributed by atoms with Crippen molar-refractivity contribution in [2.45, 2.75) is 13.8 Å². The molecule has 22 heavy (non-hydrogen) atoms. The Bertz CT molecular complexity index is 552. The number of hydrazone groups is 2. The largest absolute Gasteiger partial charge is 0.543 e. The van der Waals surface area contributed by atoms with Gasteiger partial charge >= 0.3 is 5.97 Å². The maximum atomic E-state index is 10.9. The van der Waals surface area contributed by atoms with Crippen LogP contribution < -0.4 is 26.2 Å². The molecule has 0 heterocycles. The van der Waals surface area contributed by atoms with Gasteiger partial charge in [-0.05, 0) is 13.8 Å². The monoisotopic (exact) mass is 313 g/mol. The number of hydrogen-bond donors (Lipinski definition) is 3. The molecule has 0 unspecified atom stereocenters. The number of nitrogens with zero attached hydrogens (tertiary/aromatic N) is 2. The van der Waals surface area contributed by atoms with Crippen LogP contribution in [-0.2, 0) is 19.2 Å². The summed E-state index contributed by atoms with van der Waals surface area (Å²) in [6.45, 7) is 1.90. The average Bonchev–Trinajstić information content (AvgIpc) is 2.40. The summed E-state index contributed by atoms with van der Waals surface area (Å²) in [7, 11) is 0. The molecule has 0 rings (SSSR count). The molecule has 0 fully saturated rings. The Kier molecular flexibility index (Phi) is 6.74. The highest BCUT2D eigenvalue weighted by Crippen LogP contribution is 1.99. The van der Waals surface area contributed by atoms with Crippen LogP contribution in [0.1, 0.15) is 13.8 Å². The van der Waals surface area contributed by atoms with Crippen LogP contribution in [-0.4, -0.2) is 40.4 Å².